The molecule has 6 aliphatic rings. The predicted octanol–water partition coefficient (Wildman–Crippen LogP) is 0.694. The van der Waals surface area contributed by atoms with E-state index in [0.29, 0.717) is 19.6 Å². The van der Waals surface area contributed by atoms with Gasteiger partial charge in [-0.05, 0) is 25.0 Å². The second kappa shape index (κ2) is 6.26. The molecule has 11 atom stereocenters. The van der Waals surface area contributed by atoms with E-state index < -0.39 is 17.1 Å². The topological polar surface area (TPSA) is 85.3 Å². The highest BCUT2D eigenvalue weighted by Gasteiger charge is 2.85. The minimum Gasteiger partial charge on any atom is -0.389 e. The Morgan fingerprint density at radius 2 is 1.97 bits per heavy atom. The Hall–Kier alpha value is -1.12. The molecule has 31 heavy (non-hydrogen) atoms. The number of ether oxygens (including phenoxy) is 3. The Morgan fingerprint density at radius 1 is 1.19 bits per heavy atom. The van der Waals surface area contributed by atoms with Crippen LogP contribution in [0, 0.1) is 40.4 Å². The third kappa shape index (κ3) is 1.97. The van der Waals surface area contributed by atoms with Crippen molar-refractivity contribution in [1.29, 1.82) is 0 Å². The molecule has 1 spiro atoms. The van der Waals surface area contributed by atoms with E-state index >= 15 is 0 Å². The number of likely N-dealkylation sites (tertiary alicyclic amines) is 1. The SMILES string of the molecule is CCN1C[C@]2(COC)C(=O)C=C[C@@]34[C@@H]5CC6C(=O)[C@H](OC)C[C@](O)([C@@H]([C@H](OC)[C@H]23)[C@@H]14)[C@@H]65. The van der Waals surface area contributed by atoms with Gasteiger partial charge in [-0.15, -0.1) is 0 Å². The van der Waals surface area contributed by atoms with E-state index in [9.17, 15) is 14.7 Å². The van der Waals surface area contributed by atoms with E-state index in [0.717, 1.165) is 13.0 Å². The van der Waals surface area contributed by atoms with Crippen LogP contribution >= 0.6 is 0 Å². The molecule has 5 aliphatic carbocycles. The van der Waals surface area contributed by atoms with E-state index in [1.807, 2.05) is 0 Å². The molecule has 170 valence electrons. The normalized spacial score (nSPS) is 56.4. The molecule has 7 nitrogen and oxygen atoms in total. The molecule has 1 unspecified atom stereocenters. The van der Waals surface area contributed by atoms with Gasteiger partial charge in [0.15, 0.2) is 11.6 Å². The molecular formula is C24H33NO6. The van der Waals surface area contributed by atoms with Crippen molar-refractivity contribution in [2.45, 2.75) is 43.6 Å². The number of carbonyl (C=O) groups excluding carboxylic acids is 2. The Bertz CT molecular complexity index is 874. The average molecular weight is 432 g/mol. The lowest BCUT2D eigenvalue weighted by Crippen LogP contribution is -2.78. The number of nitrogens with zero attached hydrogens (tertiary/aromatic N) is 1. The summed E-state index contributed by atoms with van der Waals surface area (Å²) in [6.45, 7) is 3.89. The van der Waals surface area contributed by atoms with Gasteiger partial charge in [0.05, 0.1) is 23.7 Å². The largest absolute Gasteiger partial charge is 0.389 e. The first-order valence-corrected chi connectivity index (χ1v) is 11.6. The highest BCUT2D eigenvalue weighted by molar-refractivity contribution is 5.98. The molecule has 0 aromatic rings. The number of carbonyl (C=O) groups is 2. The van der Waals surface area contributed by atoms with Crippen LogP contribution in [0.4, 0.5) is 0 Å². The molecule has 1 saturated heterocycles. The van der Waals surface area contributed by atoms with Crippen LogP contribution in [0.5, 0.6) is 0 Å². The highest BCUT2D eigenvalue weighted by atomic mass is 16.5. The number of ketones is 2. The van der Waals surface area contributed by atoms with Crippen molar-refractivity contribution >= 4 is 11.6 Å². The number of allylic oxidation sites excluding steroid dienone is 1. The van der Waals surface area contributed by atoms with E-state index in [2.05, 4.69) is 17.9 Å². The van der Waals surface area contributed by atoms with Crippen LogP contribution in [0.2, 0.25) is 0 Å². The van der Waals surface area contributed by atoms with Crippen molar-refractivity contribution < 1.29 is 28.9 Å². The molecule has 0 radical (unpaired) electrons. The summed E-state index contributed by atoms with van der Waals surface area (Å²) in [5.74, 6) is -0.0911. The number of hydrogen-bond acceptors (Lipinski definition) is 7. The molecule has 5 bridgehead atoms. The molecule has 1 aliphatic heterocycles. The number of hydrogen-bond donors (Lipinski definition) is 1. The summed E-state index contributed by atoms with van der Waals surface area (Å²) >= 11 is 0. The smallest absolute Gasteiger partial charge is 0.165 e. The quantitative estimate of drug-likeness (QED) is 0.686. The zero-order chi connectivity index (χ0) is 21.9. The van der Waals surface area contributed by atoms with Crippen LogP contribution in [-0.4, -0.2) is 86.4 Å². The molecular weight excluding hydrogens is 398 g/mol. The van der Waals surface area contributed by atoms with Crippen LogP contribution in [0.3, 0.4) is 0 Å². The van der Waals surface area contributed by atoms with Crippen molar-refractivity contribution in [1.82, 2.24) is 4.90 Å². The van der Waals surface area contributed by atoms with Crippen LogP contribution in [-0.2, 0) is 23.8 Å². The van der Waals surface area contributed by atoms with Gasteiger partial charge in [0.1, 0.15) is 6.10 Å². The minimum atomic E-state index is -1.04. The van der Waals surface area contributed by atoms with Crippen LogP contribution < -0.4 is 0 Å². The second-order valence-electron chi connectivity index (χ2n) is 10.8. The zero-order valence-electron chi connectivity index (χ0n) is 18.7. The lowest BCUT2D eigenvalue weighted by molar-refractivity contribution is -0.267. The summed E-state index contributed by atoms with van der Waals surface area (Å²) in [6.07, 6.45) is 4.16. The van der Waals surface area contributed by atoms with Gasteiger partial charge in [-0.2, -0.15) is 0 Å². The number of rotatable bonds is 5. The van der Waals surface area contributed by atoms with Crippen molar-refractivity contribution in [2.24, 2.45) is 40.4 Å². The number of aliphatic hydroxyl groups is 1. The second-order valence-corrected chi connectivity index (χ2v) is 10.8. The summed E-state index contributed by atoms with van der Waals surface area (Å²) in [4.78, 5) is 29.0. The number of methoxy groups -OCH3 is 3. The van der Waals surface area contributed by atoms with Gasteiger partial charge in [0.2, 0.25) is 0 Å². The molecule has 1 N–H and O–H groups in total. The molecule has 6 rings (SSSR count). The number of fused-ring (bicyclic) bond motifs is 1. The molecule has 5 fully saturated rings. The maximum absolute atomic E-state index is 13.5. The lowest BCUT2D eigenvalue weighted by atomic mass is 9.36. The fraction of sp³-hybridized carbons (Fsp3) is 0.833. The summed E-state index contributed by atoms with van der Waals surface area (Å²) in [7, 11) is 4.93. The predicted molar refractivity (Wildman–Crippen MR) is 110 cm³/mol. The van der Waals surface area contributed by atoms with Gasteiger partial charge in [0, 0.05) is 69.4 Å². The Labute approximate surface area is 183 Å². The minimum absolute atomic E-state index is 0.0584. The van der Waals surface area contributed by atoms with E-state index in [4.69, 9.17) is 14.2 Å². The molecule has 4 saturated carbocycles. The standard InChI is InChI=1S/C24H33NO6/c1-5-25-10-22(11-29-2)15(26)6-7-23-13-8-12-16(13)24(28,9-14(30-3)18(12)27)17(21(23)25)19(31-4)20(22)23/h6-7,12-14,16-17,19-21,28H,5,8-11H2,1-4H3/t12?,13-,14-,16+,17+,19+,20-,21-,22+,23-,24-/m1/s1. The van der Waals surface area contributed by atoms with Crippen molar-refractivity contribution in [3.05, 3.63) is 12.2 Å². The van der Waals surface area contributed by atoms with Crippen molar-refractivity contribution in [3.63, 3.8) is 0 Å². The van der Waals surface area contributed by atoms with E-state index in [-0.39, 0.29) is 58.7 Å². The first-order valence-electron chi connectivity index (χ1n) is 11.6. The summed E-state index contributed by atoms with van der Waals surface area (Å²) in [6, 6.07) is 0.0830. The maximum Gasteiger partial charge on any atom is 0.165 e. The van der Waals surface area contributed by atoms with Gasteiger partial charge in [-0.3, -0.25) is 14.5 Å². The Morgan fingerprint density at radius 3 is 2.61 bits per heavy atom. The van der Waals surface area contributed by atoms with Gasteiger partial charge >= 0.3 is 0 Å². The van der Waals surface area contributed by atoms with E-state index in [1.165, 1.54) is 0 Å². The van der Waals surface area contributed by atoms with Gasteiger partial charge < -0.3 is 19.3 Å². The Kier molecular flexibility index (Phi) is 4.14. The molecule has 7 heteroatoms. The van der Waals surface area contributed by atoms with E-state index in [1.54, 1.807) is 27.4 Å². The van der Waals surface area contributed by atoms with Gasteiger partial charge in [-0.25, -0.2) is 0 Å². The van der Waals surface area contributed by atoms with Crippen molar-refractivity contribution in [2.75, 3.05) is 41.0 Å². The summed E-state index contributed by atoms with van der Waals surface area (Å²) in [5, 5.41) is 12.4. The highest BCUT2D eigenvalue weighted by Crippen LogP contribution is 2.78. The maximum atomic E-state index is 13.5. The van der Waals surface area contributed by atoms with Crippen LogP contribution in [0.15, 0.2) is 12.2 Å². The van der Waals surface area contributed by atoms with Gasteiger partial charge in [-0.1, -0.05) is 13.0 Å². The number of piperidine rings is 1. The summed E-state index contributed by atoms with van der Waals surface area (Å²) < 4.78 is 17.4. The molecule has 0 amide bonds. The fourth-order valence-electron chi connectivity index (χ4n) is 9.55. The fourth-order valence-corrected chi connectivity index (χ4v) is 9.55. The molecule has 1 heterocycles. The van der Waals surface area contributed by atoms with Crippen LogP contribution in [0.25, 0.3) is 0 Å². The monoisotopic (exact) mass is 431 g/mol. The van der Waals surface area contributed by atoms with Crippen molar-refractivity contribution in [3.8, 4) is 0 Å². The van der Waals surface area contributed by atoms with Gasteiger partial charge in [0.25, 0.3) is 0 Å². The molecule has 0 aromatic heterocycles. The lowest BCUT2D eigenvalue weighted by Gasteiger charge is -2.71. The first-order chi connectivity index (χ1) is 14.9. The van der Waals surface area contributed by atoms with Crippen LogP contribution in [0.1, 0.15) is 19.8 Å². The third-order valence-corrected chi connectivity index (χ3v) is 10.3. The zero-order valence-corrected chi connectivity index (χ0v) is 18.7. The third-order valence-electron chi connectivity index (χ3n) is 10.3. The average Bonchev–Trinajstić information content (AvgIpc) is 2.91. The first kappa shape index (κ1) is 20.5. The Balaban J connectivity index is 1.60. The molecule has 0 aromatic carbocycles. The summed E-state index contributed by atoms with van der Waals surface area (Å²) in [5.41, 5.74) is -2.01. The number of Topliss-reactive ketones (excluding diaryl/α,β-unsaturated/α-hetero) is 1.